The van der Waals surface area contributed by atoms with E-state index in [1.165, 1.54) is 5.56 Å². The van der Waals surface area contributed by atoms with E-state index in [0.29, 0.717) is 10.9 Å². The van der Waals surface area contributed by atoms with Gasteiger partial charge in [-0.05, 0) is 18.6 Å². The summed E-state index contributed by atoms with van der Waals surface area (Å²) in [6, 6.07) is 4.18. The quantitative estimate of drug-likeness (QED) is 0.852. The largest absolute Gasteiger partial charge is 0.356 e. The van der Waals surface area contributed by atoms with E-state index in [1.54, 1.807) is 6.20 Å². The van der Waals surface area contributed by atoms with Crippen molar-refractivity contribution in [3.63, 3.8) is 0 Å². The number of pyridine rings is 1. The van der Waals surface area contributed by atoms with Gasteiger partial charge in [-0.2, -0.15) is 5.10 Å². The molecule has 1 aliphatic rings. The van der Waals surface area contributed by atoms with Crippen molar-refractivity contribution in [2.75, 3.05) is 18.0 Å². The molecule has 0 aromatic carbocycles. The molecule has 3 heterocycles. The average molecular weight is 263 g/mol. The average Bonchev–Trinajstić information content (AvgIpc) is 2.71. The van der Waals surface area contributed by atoms with Gasteiger partial charge in [-0.25, -0.2) is 4.98 Å². The summed E-state index contributed by atoms with van der Waals surface area (Å²) in [6.45, 7) is 5.05. The fraction of sp³-hybridized carbons (Fsp3) is 0.385. The standard InChI is InChI=1S/C13H15ClN4/c1-10-2-3-13(15-4-10)17-6-11(7-17)8-18-9-12(14)5-16-18/h2-5,9,11H,6-8H2,1H3. The summed E-state index contributed by atoms with van der Waals surface area (Å²) in [7, 11) is 0. The Labute approximate surface area is 111 Å². The molecule has 0 bridgehead atoms. The molecule has 0 saturated carbocycles. The highest BCUT2D eigenvalue weighted by atomic mass is 35.5. The Morgan fingerprint density at radius 3 is 2.78 bits per heavy atom. The van der Waals surface area contributed by atoms with Gasteiger partial charge in [-0.3, -0.25) is 4.68 Å². The van der Waals surface area contributed by atoms with Crippen LogP contribution in [0.15, 0.2) is 30.7 Å². The van der Waals surface area contributed by atoms with Crippen molar-refractivity contribution in [3.05, 3.63) is 41.3 Å². The second-order valence-electron chi connectivity index (χ2n) is 4.85. The normalized spacial score (nSPS) is 15.8. The second kappa shape index (κ2) is 4.61. The Morgan fingerprint density at radius 1 is 1.33 bits per heavy atom. The van der Waals surface area contributed by atoms with E-state index >= 15 is 0 Å². The van der Waals surface area contributed by atoms with Gasteiger partial charge in [0.1, 0.15) is 5.82 Å². The van der Waals surface area contributed by atoms with E-state index in [0.717, 1.165) is 25.5 Å². The van der Waals surface area contributed by atoms with Gasteiger partial charge < -0.3 is 4.90 Å². The molecule has 0 amide bonds. The number of aromatic nitrogens is 3. The minimum Gasteiger partial charge on any atom is -0.356 e. The first-order valence-electron chi connectivity index (χ1n) is 6.06. The lowest BCUT2D eigenvalue weighted by Gasteiger charge is -2.40. The summed E-state index contributed by atoms with van der Waals surface area (Å²) in [5, 5.41) is 4.90. The molecule has 1 saturated heterocycles. The number of halogens is 1. The second-order valence-corrected chi connectivity index (χ2v) is 5.28. The highest BCUT2D eigenvalue weighted by Gasteiger charge is 2.28. The van der Waals surface area contributed by atoms with Crippen LogP contribution in [0.4, 0.5) is 5.82 Å². The number of anilines is 1. The SMILES string of the molecule is Cc1ccc(N2CC(Cn3cc(Cl)cn3)C2)nc1. The summed E-state index contributed by atoms with van der Waals surface area (Å²) in [5.41, 5.74) is 1.20. The Morgan fingerprint density at radius 2 is 2.17 bits per heavy atom. The third-order valence-electron chi connectivity index (χ3n) is 3.22. The van der Waals surface area contributed by atoms with Crippen LogP contribution in [0.25, 0.3) is 0 Å². The molecular weight excluding hydrogens is 248 g/mol. The monoisotopic (exact) mass is 262 g/mol. The van der Waals surface area contributed by atoms with Gasteiger partial charge in [-0.15, -0.1) is 0 Å². The van der Waals surface area contributed by atoms with Crippen LogP contribution in [-0.2, 0) is 6.54 Å². The van der Waals surface area contributed by atoms with Crippen molar-refractivity contribution in [2.24, 2.45) is 5.92 Å². The zero-order chi connectivity index (χ0) is 12.5. The first-order valence-corrected chi connectivity index (χ1v) is 6.44. The smallest absolute Gasteiger partial charge is 0.128 e. The van der Waals surface area contributed by atoms with Crippen LogP contribution in [0.5, 0.6) is 0 Å². The lowest BCUT2D eigenvalue weighted by Crippen LogP contribution is -2.49. The highest BCUT2D eigenvalue weighted by Crippen LogP contribution is 2.24. The molecular formula is C13H15ClN4. The summed E-state index contributed by atoms with van der Waals surface area (Å²) in [6.07, 6.45) is 5.46. The van der Waals surface area contributed by atoms with E-state index in [1.807, 2.05) is 17.1 Å². The van der Waals surface area contributed by atoms with E-state index in [9.17, 15) is 0 Å². The number of rotatable bonds is 3. The third kappa shape index (κ3) is 2.34. The maximum absolute atomic E-state index is 5.84. The summed E-state index contributed by atoms with van der Waals surface area (Å²) in [4.78, 5) is 6.72. The molecule has 2 aromatic heterocycles. The molecule has 0 radical (unpaired) electrons. The van der Waals surface area contributed by atoms with Crippen LogP contribution >= 0.6 is 11.6 Å². The van der Waals surface area contributed by atoms with Crippen molar-refractivity contribution >= 4 is 17.4 Å². The molecule has 5 heteroatoms. The molecule has 1 aliphatic heterocycles. The lowest BCUT2D eigenvalue weighted by molar-refractivity contribution is 0.340. The van der Waals surface area contributed by atoms with Crippen LogP contribution in [0.1, 0.15) is 5.56 Å². The van der Waals surface area contributed by atoms with Crippen molar-refractivity contribution < 1.29 is 0 Å². The van der Waals surface area contributed by atoms with Crippen LogP contribution in [0, 0.1) is 12.8 Å². The highest BCUT2D eigenvalue weighted by molar-refractivity contribution is 6.30. The lowest BCUT2D eigenvalue weighted by atomic mass is 10.0. The number of hydrogen-bond donors (Lipinski definition) is 0. The van der Waals surface area contributed by atoms with Gasteiger partial charge in [0.25, 0.3) is 0 Å². The van der Waals surface area contributed by atoms with Crippen molar-refractivity contribution in [1.82, 2.24) is 14.8 Å². The predicted octanol–water partition coefficient (Wildman–Crippen LogP) is 2.38. The van der Waals surface area contributed by atoms with Gasteiger partial charge in [-0.1, -0.05) is 17.7 Å². The van der Waals surface area contributed by atoms with Gasteiger partial charge in [0.2, 0.25) is 0 Å². The van der Waals surface area contributed by atoms with Crippen LogP contribution in [0.3, 0.4) is 0 Å². The molecule has 1 fully saturated rings. The predicted molar refractivity (Wildman–Crippen MR) is 71.9 cm³/mol. The van der Waals surface area contributed by atoms with E-state index in [2.05, 4.69) is 34.0 Å². The number of hydrogen-bond acceptors (Lipinski definition) is 3. The Hall–Kier alpha value is -1.55. The minimum absolute atomic E-state index is 0.629. The third-order valence-corrected chi connectivity index (χ3v) is 3.42. The Bertz CT molecular complexity index is 528. The molecule has 0 atom stereocenters. The molecule has 2 aromatic rings. The van der Waals surface area contributed by atoms with E-state index in [-0.39, 0.29) is 0 Å². The summed E-state index contributed by atoms with van der Waals surface area (Å²) in [5.74, 6) is 1.69. The fourth-order valence-corrected chi connectivity index (χ4v) is 2.38. The van der Waals surface area contributed by atoms with Crippen LogP contribution < -0.4 is 4.90 Å². The van der Waals surface area contributed by atoms with Crippen molar-refractivity contribution in [1.29, 1.82) is 0 Å². The zero-order valence-electron chi connectivity index (χ0n) is 10.3. The first kappa shape index (κ1) is 11.5. The van der Waals surface area contributed by atoms with Crippen molar-refractivity contribution in [2.45, 2.75) is 13.5 Å². The maximum Gasteiger partial charge on any atom is 0.128 e. The molecule has 0 unspecified atom stereocenters. The Kier molecular flexibility index (Phi) is 2.96. The molecule has 0 N–H and O–H groups in total. The van der Waals surface area contributed by atoms with Gasteiger partial charge in [0.05, 0.1) is 11.2 Å². The fourth-order valence-electron chi connectivity index (χ4n) is 2.22. The molecule has 4 nitrogen and oxygen atoms in total. The van der Waals surface area contributed by atoms with Crippen molar-refractivity contribution in [3.8, 4) is 0 Å². The van der Waals surface area contributed by atoms with Gasteiger partial charge in [0.15, 0.2) is 0 Å². The van der Waals surface area contributed by atoms with E-state index in [4.69, 9.17) is 11.6 Å². The minimum atomic E-state index is 0.629. The molecule has 0 aliphatic carbocycles. The van der Waals surface area contributed by atoms with Crippen LogP contribution in [0.2, 0.25) is 5.02 Å². The summed E-state index contributed by atoms with van der Waals surface area (Å²) < 4.78 is 1.91. The molecule has 94 valence electrons. The number of nitrogens with zero attached hydrogens (tertiary/aromatic N) is 4. The zero-order valence-corrected chi connectivity index (χ0v) is 11.0. The van der Waals surface area contributed by atoms with Gasteiger partial charge >= 0.3 is 0 Å². The molecule has 0 spiro atoms. The van der Waals surface area contributed by atoms with Crippen LogP contribution in [-0.4, -0.2) is 27.9 Å². The maximum atomic E-state index is 5.84. The Balaban J connectivity index is 1.55. The topological polar surface area (TPSA) is 34.0 Å². The molecule has 18 heavy (non-hydrogen) atoms. The van der Waals surface area contributed by atoms with E-state index < -0.39 is 0 Å². The first-order chi connectivity index (χ1) is 8.70. The molecule has 3 rings (SSSR count). The van der Waals surface area contributed by atoms with Gasteiger partial charge in [0, 0.05) is 37.9 Å². The number of aryl methyl sites for hydroxylation is 1. The summed E-state index contributed by atoms with van der Waals surface area (Å²) >= 11 is 5.84.